The zero-order valence-corrected chi connectivity index (χ0v) is 9.95. The highest BCUT2D eigenvalue weighted by atomic mass is 19.1. The Kier molecular flexibility index (Phi) is 5.42. The van der Waals surface area contributed by atoms with Crippen molar-refractivity contribution < 1.29 is 9.18 Å². The Morgan fingerprint density at radius 1 is 1.47 bits per heavy atom. The Bertz CT molecular complexity index is 371. The van der Waals surface area contributed by atoms with Crippen LogP contribution >= 0.6 is 0 Å². The number of amides is 1. The number of hydrogen-bond acceptors (Lipinski definition) is 3. The topological polar surface area (TPSA) is 58.4 Å². The summed E-state index contributed by atoms with van der Waals surface area (Å²) in [4.78, 5) is 12.7. The highest BCUT2D eigenvalue weighted by Crippen LogP contribution is 2.16. The van der Waals surface area contributed by atoms with Gasteiger partial charge in [-0.2, -0.15) is 0 Å². The quantitative estimate of drug-likeness (QED) is 0.719. The lowest BCUT2D eigenvalue weighted by Gasteiger charge is -2.19. The number of benzene rings is 1. The predicted molar refractivity (Wildman–Crippen MR) is 66.4 cm³/mol. The van der Waals surface area contributed by atoms with Gasteiger partial charge in [-0.1, -0.05) is 12.1 Å². The number of carbonyl (C=O) groups is 1. The van der Waals surface area contributed by atoms with Crippen LogP contribution < -0.4 is 16.0 Å². The van der Waals surface area contributed by atoms with Gasteiger partial charge in [0.2, 0.25) is 5.91 Å². The van der Waals surface area contributed by atoms with E-state index >= 15 is 0 Å². The Balaban J connectivity index is 2.33. The molecule has 1 aromatic rings. The first-order chi connectivity index (χ1) is 8.15. The lowest BCUT2D eigenvalue weighted by atomic mass is 10.2. The average Bonchev–Trinajstić information content (AvgIpc) is 2.34. The van der Waals surface area contributed by atoms with E-state index in [9.17, 15) is 9.18 Å². The van der Waals surface area contributed by atoms with Crippen LogP contribution in [0.4, 0.5) is 10.1 Å². The average molecular weight is 239 g/mol. The molecule has 1 amide bonds. The molecule has 0 bridgehead atoms. The summed E-state index contributed by atoms with van der Waals surface area (Å²) in [6.07, 6.45) is 0.747. The van der Waals surface area contributed by atoms with E-state index in [1.54, 1.807) is 18.2 Å². The van der Waals surface area contributed by atoms with Gasteiger partial charge < -0.3 is 16.0 Å². The van der Waals surface area contributed by atoms with Gasteiger partial charge in [0.05, 0.1) is 12.2 Å². The third kappa shape index (κ3) is 4.40. The van der Waals surface area contributed by atoms with Crippen molar-refractivity contribution in [2.24, 2.45) is 5.73 Å². The summed E-state index contributed by atoms with van der Waals surface area (Å²) >= 11 is 0. The van der Waals surface area contributed by atoms with Crippen LogP contribution in [0.1, 0.15) is 6.42 Å². The Morgan fingerprint density at radius 3 is 2.82 bits per heavy atom. The molecule has 1 rings (SSSR count). The monoisotopic (exact) mass is 239 g/mol. The second-order valence-electron chi connectivity index (χ2n) is 3.78. The molecule has 0 spiro atoms. The maximum Gasteiger partial charge on any atom is 0.233 e. The molecule has 1 aromatic carbocycles. The van der Waals surface area contributed by atoms with Crippen LogP contribution in [0.5, 0.6) is 0 Å². The molecule has 0 aliphatic rings. The highest BCUT2D eigenvalue weighted by Gasteiger charge is 2.05. The molecule has 0 saturated heterocycles. The Morgan fingerprint density at radius 2 is 2.18 bits per heavy atom. The molecule has 0 fully saturated rings. The number of rotatable bonds is 6. The van der Waals surface area contributed by atoms with Gasteiger partial charge in [-0.15, -0.1) is 0 Å². The third-order valence-electron chi connectivity index (χ3n) is 2.44. The van der Waals surface area contributed by atoms with Crippen LogP contribution in [0.3, 0.4) is 0 Å². The van der Waals surface area contributed by atoms with Crippen LogP contribution in [-0.4, -0.2) is 32.6 Å². The normalized spacial score (nSPS) is 10.1. The molecule has 0 aliphatic heterocycles. The Labute approximate surface area is 101 Å². The zero-order valence-electron chi connectivity index (χ0n) is 9.95. The van der Waals surface area contributed by atoms with Gasteiger partial charge in [-0.3, -0.25) is 4.79 Å². The van der Waals surface area contributed by atoms with E-state index in [1.807, 2.05) is 11.9 Å². The summed E-state index contributed by atoms with van der Waals surface area (Å²) < 4.78 is 13.4. The number of nitrogens with two attached hydrogens (primary N) is 1. The first-order valence-corrected chi connectivity index (χ1v) is 5.57. The van der Waals surface area contributed by atoms with Gasteiger partial charge >= 0.3 is 0 Å². The number of halogens is 1. The van der Waals surface area contributed by atoms with Gasteiger partial charge in [0.1, 0.15) is 5.82 Å². The minimum atomic E-state index is -0.235. The SMILES string of the molecule is CN(CCCNC(=O)CN)c1ccccc1F. The number of para-hydroxylation sites is 1. The van der Waals surface area contributed by atoms with Gasteiger partial charge in [-0.25, -0.2) is 4.39 Å². The van der Waals surface area contributed by atoms with E-state index in [-0.39, 0.29) is 18.3 Å². The molecule has 5 heteroatoms. The lowest BCUT2D eigenvalue weighted by Crippen LogP contribution is -2.32. The van der Waals surface area contributed by atoms with E-state index in [0.717, 1.165) is 6.42 Å². The molecule has 0 atom stereocenters. The van der Waals surface area contributed by atoms with Gasteiger partial charge in [0.15, 0.2) is 0 Å². The summed E-state index contributed by atoms with van der Waals surface area (Å²) in [7, 11) is 1.82. The largest absolute Gasteiger partial charge is 0.372 e. The summed E-state index contributed by atoms with van der Waals surface area (Å²) in [5, 5.41) is 2.67. The van der Waals surface area contributed by atoms with Gasteiger partial charge in [-0.05, 0) is 18.6 Å². The second kappa shape index (κ2) is 6.85. The van der Waals surface area contributed by atoms with Crippen molar-refractivity contribution in [3.05, 3.63) is 30.1 Å². The smallest absolute Gasteiger partial charge is 0.233 e. The number of nitrogens with one attached hydrogen (secondary N) is 1. The maximum atomic E-state index is 13.4. The minimum Gasteiger partial charge on any atom is -0.372 e. The zero-order chi connectivity index (χ0) is 12.7. The molecule has 94 valence electrons. The summed E-state index contributed by atoms with van der Waals surface area (Å²) in [6, 6.07) is 6.62. The number of hydrogen-bond donors (Lipinski definition) is 2. The van der Waals surface area contributed by atoms with Crippen LogP contribution in [0.15, 0.2) is 24.3 Å². The van der Waals surface area contributed by atoms with E-state index in [1.165, 1.54) is 6.07 Å². The van der Waals surface area contributed by atoms with Crippen LogP contribution in [0, 0.1) is 5.82 Å². The number of anilines is 1. The van der Waals surface area contributed by atoms with Crippen LogP contribution in [-0.2, 0) is 4.79 Å². The molecule has 0 saturated carbocycles. The van der Waals surface area contributed by atoms with Crippen LogP contribution in [0.25, 0.3) is 0 Å². The molecular formula is C12H18FN3O. The summed E-state index contributed by atoms with van der Waals surface area (Å²) in [5.74, 6) is -0.403. The summed E-state index contributed by atoms with van der Waals surface area (Å²) in [6.45, 7) is 1.23. The van der Waals surface area contributed by atoms with Crippen molar-refractivity contribution in [2.45, 2.75) is 6.42 Å². The van der Waals surface area contributed by atoms with E-state index in [2.05, 4.69) is 5.32 Å². The van der Waals surface area contributed by atoms with Gasteiger partial charge in [0.25, 0.3) is 0 Å². The highest BCUT2D eigenvalue weighted by molar-refractivity contribution is 5.77. The van der Waals surface area contributed by atoms with E-state index < -0.39 is 0 Å². The first kappa shape index (κ1) is 13.4. The van der Waals surface area contributed by atoms with Crippen molar-refractivity contribution in [1.82, 2.24) is 5.32 Å². The standard InChI is InChI=1S/C12H18FN3O/c1-16(8-4-7-15-12(17)9-14)11-6-3-2-5-10(11)13/h2-3,5-6H,4,7-9,14H2,1H3,(H,15,17). The van der Waals surface area contributed by atoms with E-state index in [4.69, 9.17) is 5.73 Å². The number of carbonyl (C=O) groups excluding carboxylic acids is 1. The molecule has 0 radical (unpaired) electrons. The molecule has 4 nitrogen and oxygen atoms in total. The molecule has 17 heavy (non-hydrogen) atoms. The predicted octanol–water partition coefficient (Wildman–Crippen LogP) is 0.727. The second-order valence-corrected chi connectivity index (χ2v) is 3.78. The fourth-order valence-electron chi connectivity index (χ4n) is 1.50. The number of nitrogens with zero attached hydrogens (tertiary/aromatic N) is 1. The molecule has 3 N–H and O–H groups in total. The van der Waals surface area contributed by atoms with E-state index in [0.29, 0.717) is 18.8 Å². The van der Waals surface area contributed by atoms with Crippen molar-refractivity contribution >= 4 is 11.6 Å². The molecule has 0 aromatic heterocycles. The molecule has 0 heterocycles. The van der Waals surface area contributed by atoms with Crippen LogP contribution in [0.2, 0.25) is 0 Å². The fraction of sp³-hybridized carbons (Fsp3) is 0.417. The Hall–Kier alpha value is -1.62. The fourth-order valence-corrected chi connectivity index (χ4v) is 1.50. The van der Waals surface area contributed by atoms with Crippen molar-refractivity contribution in [2.75, 3.05) is 31.6 Å². The molecular weight excluding hydrogens is 221 g/mol. The maximum absolute atomic E-state index is 13.4. The molecule has 0 aliphatic carbocycles. The molecule has 0 unspecified atom stereocenters. The minimum absolute atomic E-state index is 0.00313. The van der Waals surface area contributed by atoms with Gasteiger partial charge in [0, 0.05) is 20.1 Å². The first-order valence-electron chi connectivity index (χ1n) is 5.57. The van der Waals surface area contributed by atoms with Crippen molar-refractivity contribution in [3.8, 4) is 0 Å². The van der Waals surface area contributed by atoms with Crippen molar-refractivity contribution in [3.63, 3.8) is 0 Å². The van der Waals surface area contributed by atoms with Crippen molar-refractivity contribution in [1.29, 1.82) is 0 Å². The summed E-state index contributed by atoms with van der Waals surface area (Å²) in [5.41, 5.74) is 5.72. The lowest BCUT2D eigenvalue weighted by molar-refractivity contribution is -0.119. The third-order valence-corrected chi connectivity index (χ3v) is 2.44.